The molecule has 0 radical (unpaired) electrons. The molecule has 1 heterocycles. The van der Waals surface area contributed by atoms with Crippen molar-refractivity contribution in [3.63, 3.8) is 0 Å². The Hall–Kier alpha value is -0.432. The number of benzene rings is 2. The number of hydrogen-bond donors (Lipinski definition) is 0. The van der Waals surface area contributed by atoms with Crippen molar-refractivity contribution >= 4 is 67.2 Å². The highest BCUT2D eigenvalue weighted by Crippen LogP contribution is 2.48. The van der Waals surface area contributed by atoms with E-state index < -0.39 is 56.8 Å². The van der Waals surface area contributed by atoms with Gasteiger partial charge < -0.3 is 0 Å². The quantitative estimate of drug-likeness (QED) is 0.185. The van der Waals surface area contributed by atoms with Gasteiger partial charge in [-0.3, -0.25) is 0 Å². The van der Waals surface area contributed by atoms with E-state index in [0.717, 1.165) is 15.5 Å². The predicted molar refractivity (Wildman–Crippen MR) is 220 cm³/mol. The Balaban J connectivity index is 2.78. The maximum absolute atomic E-state index is 2.89. The van der Waals surface area contributed by atoms with Gasteiger partial charge >= 0.3 is 0 Å². The third-order valence-electron chi connectivity index (χ3n) is 9.43. The SMILES string of the molecule is C[Si](C)(C)C(c1cc(C([Si](C)(C)C)[Si](C)(C)C)c(-[si]2cccc3ccccc32)c(C([Si](C)(C)C)[Si](C)(C)C)c1)[Si](C)(C)C. The summed E-state index contributed by atoms with van der Waals surface area (Å²) in [6.07, 6.45) is 0. The Bertz CT molecular complexity index is 1330. The van der Waals surface area contributed by atoms with Crippen LogP contribution in [0.2, 0.25) is 118 Å². The highest BCUT2D eigenvalue weighted by atomic mass is 28.4. The Labute approximate surface area is 275 Å². The summed E-state index contributed by atoms with van der Waals surface area (Å²) < 4.78 is 0. The van der Waals surface area contributed by atoms with Gasteiger partial charge in [-0.1, -0.05) is 172 Å². The van der Waals surface area contributed by atoms with Crippen LogP contribution in [0.1, 0.15) is 32.2 Å². The van der Waals surface area contributed by atoms with Gasteiger partial charge in [0.25, 0.3) is 0 Å². The maximum atomic E-state index is 2.89. The Kier molecular flexibility index (Phi) is 10.6. The first-order valence-electron chi connectivity index (χ1n) is 16.8. The molecule has 2 aromatic carbocycles. The van der Waals surface area contributed by atoms with Gasteiger partial charge in [-0.15, -0.1) is 0 Å². The fraction of sp³-hybridized carbons (Fsp3) is 0.583. The summed E-state index contributed by atoms with van der Waals surface area (Å²) in [7, 11) is -10.3. The second kappa shape index (κ2) is 12.3. The molecule has 1 aromatic heterocycles. The lowest BCUT2D eigenvalue weighted by atomic mass is 10.1. The second-order valence-electron chi connectivity index (χ2n) is 20.1. The van der Waals surface area contributed by atoms with Gasteiger partial charge in [0.1, 0.15) is 0 Å². The second-order valence-corrected chi connectivity index (χ2v) is 55.9. The van der Waals surface area contributed by atoms with E-state index in [4.69, 9.17) is 0 Å². The molecule has 0 spiro atoms. The average molecular weight is 696 g/mol. The molecule has 0 bridgehead atoms. The van der Waals surface area contributed by atoms with Crippen LogP contribution >= 0.6 is 0 Å². The molecular formula is C36H66Si7. The molecule has 0 fully saturated rings. The van der Waals surface area contributed by atoms with Crippen LogP contribution in [0.3, 0.4) is 0 Å². The van der Waals surface area contributed by atoms with Crippen molar-refractivity contribution in [2.75, 3.05) is 0 Å². The molecule has 0 amide bonds. The minimum absolute atomic E-state index is 0.741. The van der Waals surface area contributed by atoms with Gasteiger partial charge in [0.05, 0.1) is 8.40 Å². The summed E-state index contributed by atoms with van der Waals surface area (Å²) in [4.78, 5) is 1.62. The van der Waals surface area contributed by atoms with E-state index in [0.29, 0.717) is 0 Å². The molecular weight excluding hydrogens is 629 g/mol. The zero-order valence-corrected chi connectivity index (χ0v) is 38.4. The minimum Gasteiger partial charge on any atom is -0.0731 e. The van der Waals surface area contributed by atoms with Gasteiger partial charge in [0.15, 0.2) is 0 Å². The van der Waals surface area contributed by atoms with Crippen LogP contribution in [0, 0.1) is 0 Å². The van der Waals surface area contributed by atoms with Crippen LogP contribution in [0.15, 0.2) is 54.2 Å². The summed E-state index contributed by atoms with van der Waals surface area (Å²) in [6.45, 7) is 48.2. The van der Waals surface area contributed by atoms with E-state index in [1.54, 1.807) is 10.6 Å². The standard InChI is InChI=1S/C36H66Si7/c1-38(2,3)34(39(4,5)6)29-26-30(35(40(7,8)9)41(10,11)12)33(31(27-29)36(42(13,14)15)43(16,17)18)37-25-21-23-28-22-19-20-24-32(28)37/h19-27,34-36H,1-18H3. The molecule has 0 unspecified atom stereocenters. The van der Waals surface area contributed by atoms with Crippen molar-refractivity contribution < 1.29 is 0 Å². The van der Waals surface area contributed by atoms with E-state index in [2.05, 4.69) is 172 Å². The number of rotatable bonds is 10. The lowest BCUT2D eigenvalue weighted by Gasteiger charge is -2.46. The first-order valence-corrected chi connectivity index (χ1v) is 39.9. The summed E-state index contributed by atoms with van der Waals surface area (Å²) in [5.41, 5.74) is 8.06. The van der Waals surface area contributed by atoms with Gasteiger partial charge in [-0.25, -0.2) is 0 Å². The van der Waals surface area contributed by atoms with E-state index in [-0.39, 0.29) is 0 Å². The van der Waals surface area contributed by atoms with E-state index in [1.807, 2.05) is 16.3 Å². The summed E-state index contributed by atoms with van der Waals surface area (Å²) in [6, 6.07) is 20.0. The fourth-order valence-corrected chi connectivity index (χ4v) is 51.3. The lowest BCUT2D eigenvalue weighted by Crippen LogP contribution is -2.50. The van der Waals surface area contributed by atoms with Crippen LogP contribution in [0.5, 0.6) is 0 Å². The molecule has 0 saturated carbocycles. The van der Waals surface area contributed by atoms with Crippen molar-refractivity contribution in [3.05, 3.63) is 70.9 Å². The Morgan fingerprint density at radius 3 is 1.16 bits per heavy atom. The highest BCUT2D eigenvalue weighted by Gasteiger charge is 2.46. The molecule has 3 aromatic rings. The van der Waals surface area contributed by atoms with Gasteiger partial charge in [-0.05, 0) is 47.8 Å². The average Bonchev–Trinajstić information content (AvgIpc) is 2.73. The van der Waals surface area contributed by atoms with E-state index in [1.165, 1.54) is 5.39 Å². The molecule has 3 rings (SSSR count). The van der Waals surface area contributed by atoms with Crippen LogP contribution in [-0.4, -0.2) is 56.8 Å². The largest absolute Gasteiger partial charge is 0.0815 e. The zero-order chi connectivity index (χ0) is 33.1. The monoisotopic (exact) mass is 694 g/mol. The van der Waals surface area contributed by atoms with Crippen molar-refractivity contribution in [2.45, 2.75) is 133 Å². The van der Waals surface area contributed by atoms with Crippen molar-refractivity contribution in [2.24, 2.45) is 0 Å². The summed E-state index contributed by atoms with van der Waals surface area (Å²) in [5.74, 6) is 0. The fourth-order valence-electron chi connectivity index (χ4n) is 9.85. The maximum Gasteiger partial charge on any atom is 0.0815 e. The molecule has 0 nitrogen and oxygen atoms in total. The summed E-state index contributed by atoms with van der Waals surface area (Å²) >= 11 is 0. The van der Waals surface area contributed by atoms with Crippen molar-refractivity contribution in [1.82, 2.24) is 0 Å². The third kappa shape index (κ3) is 8.30. The zero-order valence-electron chi connectivity index (χ0n) is 31.4. The molecule has 0 atom stereocenters. The molecule has 0 saturated heterocycles. The topological polar surface area (TPSA) is 0 Å². The van der Waals surface area contributed by atoms with Gasteiger partial charge in [0, 0.05) is 48.4 Å². The first kappa shape index (κ1) is 37.0. The molecule has 7 heteroatoms. The Morgan fingerprint density at radius 1 is 0.442 bits per heavy atom. The molecule has 0 aliphatic rings. The van der Waals surface area contributed by atoms with E-state index >= 15 is 0 Å². The molecule has 238 valence electrons. The third-order valence-corrected chi connectivity index (χ3v) is 40.0. The van der Waals surface area contributed by atoms with Crippen molar-refractivity contribution in [1.29, 1.82) is 0 Å². The van der Waals surface area contributed by atoms with Gasteiger partial charge in [0.2, 0.25) is 0 Å². The number of fused-ring (bicyclic) bond motifs is 1. The van der Waals surface area contributed by atoms with Crippen molar-refractivity contribution in [3.8, 4) is 5.19 Å². The molecule has 0 N–H and O–H groups in total. The van der Waals surface area contributed by atoms with Crippen LogP contribution < -0.4 is 0 Å². The lowest BCUT2D eigenvalue weighted by molar-refractivity contribution is 1.09. The van der Waals surface area contributed by atoms with Crippen LogP contribution in [0.25, 0.3) is 15.6 Å². The Morgan fingerprint density at radius 2 is 0.791 bits per heavy atom. The molecule has 0 aliphatic heterocycles. The normalized spacial score (nSPS) is 14.4. The number of hydrogen-bond acceptors (Lipinski definition) is 0. The van der Waals surface area contributed by atoms with Crippen LogP contribution in [-0.2, 0) is 0 Å². The minimum atomic E-state index is -1.56. The first-order chi connectivity index (χ1) is 19.2. The van der Waals surface area contributed by atoms with Crippen LogP contribution in [0.4, 0.5) is 0 Å². The highest BCUT2D eigenvalue weighted by molar-refractivity contribution is 6.98. The molecule has 43 heavy (non-hydrogen) atoms. The molecule has 0 aliphatic carbocycles. The smallest absolute Gasteiger partial charge is 0.0731 e. The predicted octanol–water partition coefficient (Wildman–Crippen LogP) is 12.4. The van der Waals surface area contributed by atoms with Gasteiger partial charge in [-0.2, -0.15) is 0 Å². The summed E-state index contributed by atoms with van der Waals surface area (Å²) in [5, 5.41) is 5.53. The van der Waals surface area contributed by atoms with E-state index in [9.17, 15) is 0 Å².